The Kier molecular flexibility index (Phi) is 5.57. The van der Waals surface area contributed by atoms with Crippen LogP contribution in [0.25, 0.3) is 0 Å². The molecule has 0 spiro atoms. The van der Waals surface area contributed by atoms with Crippen LogP contribution < -0.4 is 16.0 Å². The van der Waals surface area contributed by atoms with Crippen LogP contribution in [0.1, 0.15) is 37.8 Å². The molecule has 0 aliphatic carbocycles. The highest BCUT2D eigenvalue weighted by Crippen LogP contribution is 2.29. The smallest absolute Gasteiger partial charge is 0.137 e. The zero-order chi connectivity index (χ0) is 13.5. The maximum Gasteiger partial charge on any atom is 0.137 e. The van der Waals surface area contributed by atoms with Crippen LogP contribution in [0.15, 0.2) is 18.5 Å². The van der Waals surface area contributed by atoms with Crippen molar-refractivity contribution in [3.63, 3.8) is 0 Å². The summed E-state index contributed by atoms with van der Waals surface area (Å²) in [5, 5.41) is 0. The van der Waals surface area contributed by atoms with E-state index >= 15 is 0 Å². The molecule has 19 heavy (non-hydrogen) atoms. The summed E-state index contributed by atoms with van der Waals surface area (Å²) in [5.41, 5.74) is 3.96. The number of aromatic nitrogens is 1. The Bertz CT molecular complexity index is 381. The highest BCUT2D eigenvalue weighted by atomic mass is 16.5. The van der Waals surface area contributed by atoms with Crippen molar-refractivity contribution >= 4 is 0 Å². The first-order chi connectivity index (χ1) is 9.35. The second kappa shape index (κ2) is 7.43. The molecular weight excluding hydrogens is 242 g/mol. The molecule has 0 aromatic carbocycles. The number of pyridine rings is 1. The molecule has 2 rings (SSSR count). The lowest BCUT2D eigenvalue weighted by molar-refractivity contribution is 0.0389. The van der Waals surface area contributed by atoms with Crippen LogP contribution in [0, 0.1) is 5.92 Å². The number of nitrogens with one attached hydrogen (secondary N) is 1. The molecule has 1 aromatic rings. The van der Waals surface area contributed by atoms with E-state index in [0.717, 1.165) is 43.8 Å². The molecule has 1 aliphatic heterocycles. The summed E-state index contributed by atoms with van der Waals surface area (Å²) in [6.45, 7) is 4.39. The summed E-state index contributed by atoms with van der Waals surface area (Å²) < 4.78 is 11.1. The highest BCUT2D eigenvalue weighted by Gasteiger charge is 2.25. The summed E-state index contributed by atoms with van der Waals surface area (Å²) >= 11 is 0. The molecule has 0 radical (unpaired) electrons. The Balaban J connectivity index is 2.08. The molecule has 1 fully saturated rings. The van der Waals surface area contributed by atoms with E-state index in [4.69, 9.17) is 15.3 Å². The number of rotatable bonds is 6. The van der Waals surface area contributed by atoms with Gasteiger partial charge in [-0.15, -0.1) is 0 Å². The average Bonchev–Trinajstić information content (AvgIpc) is 2.47. The molecule has 2 heterocycles. The van der Waals surface area contributed by atoms with Crippen molar-refractivity contribution in [2.45, 2.75) is 32.2 Å². The van der Waals surface area contributed by atoms with Crippen molar-refractivity contribution in [1.82, 2.24) is 10.4 Å². The quantitative estimate of drug-likeness (QED) is 0.606. The first-order valence-corrected chi connectivity index (χ1v) is 6.96. The van der Waals surface area contributed by atoms with E-state index in [-0.39, 0.29) is 6.04 Å². The monoisotopic (exact) mass is 265 g/mol. The molecule has 1 saturated heterocycles. The Hall–Kier alpha value is -1.17. The standard InChI is InChI=1S/C14H23N3O2/c1-2-5-19-13-7-12(8-16-9-13)14(17-15)11-4-3-6-18-10-11/h7-9,11,14,17H,2-6,10,15H2,1H3. The summed E-state index contributed by atoms with van der Waals surface area (Å²) in [7, 11) is 0. The Morgan fingerprint density at radius 3 is 3.16 bits per heavy atom. The summed E-state index contributed by atoms with van der Waals surface area (Å²) in [5.74, 6) is 6.90. The molecule has 5 nitrogen and oxygen atoms in total. The van der Waals surface area contributed by atoms with Crippen LogP contribution in [-0.4, -0.2) is 24.8 Å². The normalized spacial score (nSPS) is 21.1. The average molecular weight is 265 g/mol. The van der Waals surface area contributed by atoms with Crippen molar-refractivity contribution < 1.29 is 9.47 Å². The van der Waals surface area contributed by atoms with Crippen LogP contribution in [0.3, 0.4) is 0 Å². The van der Waals surface area contributed by atoms with Gasteiger partial charge in [0.25, 0.3) is 0 Å². The number of nitrogens with zero attached hydrogens (tertiary/aromatic N) is 1. The second-order valence-corrected chi connectivity index (χ2v) is 4.92. The van der Waals surface area contributed by atoms with Gasteiger partial charge in [-0.3, -0.25) is 16.3 Å². The number of hydrogen-bond acceptors (Lipinski definition) is 5. The molecule has 2 unspecified atom stereocenters. The molecule has 3 N–H and O–H groups in total. The summed E-state index contributed by atoms with van der Waals surface area (Å²) in [6.07, 6.45) is 6.78. The predicted molar refractivity (Wildman–Crippen MR) is 73.6 cm³/mol. The van der Waals surface area contributed by atoms with Gasteiger partial charge in [0.15, 0.2) is 0 Å². The van der Waals surface area contributed by atoms with Crippen molar-refractivity contribution in [3.8, 4) is 5.75 Å². The minimum absolute atomic E-state index is 0.0676. The van der Waals surface area contributed by atoms with Gasteiger partial charge in [-0.1, -0.05) is 6.92 Å². The number of nitrogens with two attached hydrogens (primary N) is 1. The van der Waals surface area contributed by atoms with Crippen LogP contribution in [-0.2, 0) is 4.74 Å². The van der Waals surface area contributed by atoms with E-state index in [1.165, 1.54) is 0 Å². The minimum atomic E-state index is 0.0676. The molecule has 106 valence electrons. The number of hydrogen-bond donors (Lipinski definition) is 2. The molecule has 2 atom stereocenters. The zero-order valence-electron chi connectivity index (χ0n) is 11.5. The van der Waals surface area contributed by atoms with Gasteiger partial charge in [-0.2, -0.15) is 0 Å². The second-order valence-electron chi connectivity index (χ2n) is 4.92. The maximum atomic E-state index is 5.71. The molecule has 5 heteroatoms. The van der Waals surface area contributed by atoms with Crippen molar-refractivity contribution in [3.05, 3.63) is 24.0 Å². The zero-order valence-corrected chi connectivity index (χ0v) is 11.5. The van der Waals surface area contributed by atoms with E-state index < -0.39 is 0 Å². The van der Waals surface area contributed by atoms with Gasteiger partial charge < -0.3 is 9.47 Å². The van der Waals surface area contributed by atoms with Crippen molar-refractivity contribution in [2.75, 3.05) is 19.8 Å². The summed E-state index contributed by atoms with van der Waals surface area (Å²) in [4.78, 5) is 4.24. The first-order valence-electron chi connectivity index (χ1n) is 6.96. The van der Waals surface area contributed by atoms with E-state index in [1.807, 2.05) is 12.3 Å². The van der Waals surface area contributed by atoms with Crippen LogP contribution >= 0.6 is 0 Å². The molecular formula is C14H23N3O2. The largest absolute Gasteiger partial charge is 0.492 e. The Morgan fingerprint density at radius 2 is 2.47 bits per heavy atom. The molecule has 0 saturated carbocycles. The van der Waals surface area contributed by atoms with Crippen LogP contribution in [0.4, 0.5) is 0 Å². The Morgan fingerprint density at radius 1 is 1.58 bits per heavy atom. The third-order valence-electron chi connectivity index (χ3n) is 3.41. The third-order valence-corrected chi connectivity index (χ3v) is 3.41. The fourth-order valence-electron chi connectivity index (χ4n) is 2.44. The van der Waals surface area contributed by atoms with E-state index in [1.54, 1.807) is 6.20 Å². The maximum absolute atomic E-state index is 5.71. The topological polar surface area (TPSA) is 69.4 Å². The van der Waals surface area contributed by atoms with Gasteiger partial charge >= 0.3 is 0 Å². The van der Waals surface area contributed by atoms with E-state index in [0.29, 0.717) is 12.5 Å². The Labute approximate surface area is 114 Å². The predicted octanol–water partition coefficient (Wildman–Crippen LogP) is 1.80. The molecule has 0 bridgehead atoms. The van der Waals surface area contributed by atoms with Crippen LogP contribution in [0.5, 0.6) is 5.75 Å². The highest BCUT2D eigenvalue weighted by molar-refractivity contribution is 5.26. The fourth-order valence-corrected chi connectivity index (χ4v) is 2.44. The van der Waals surface area contributed by atoms with Gasteiger partial charge in [-0.05, 0) is 30.9 Å². The van der Waals surface area contributed by atoms with Gasteiger partial charge in [0.05, 0.1) is 25.5 Å². The summed E-state index contributed by atoms with van der Waals surface area (Å²) in [6, 6.07) is 2.08. The lowest BCUT2D eigenvalue weighted by Crippen LogP contribution is -2.37. The lowest BCUT2D eigenvalue weighted by Gasteiger charge is -2.30. The van der Waals surface area contributed by atoms with Gasteiger partial charge in [0.2, 0.25) is 0 Å². The third kappa shape index (κ3) is 3.89. The fraction of sp³-hybridized carbons (Fsp3) is 0.643. The molecule has 0 amide bonds. The van der Waals surface area contributed by atoms with E-state index in [9.17, 15) is 0 Å². The van der Waals surface area contributed by atoms with Gasteiger partial charge in [-0.25, -0.2) is 0 Å². The number of ether oxygens (including phenoxy) is 2. The minimum Gasteiger partial charge on any atom is -0.492 e. The van der Waals surface area contributed by atoms with Crippen LogP contribution in [0.2, 0.25) is 0 Å². The van der Waals surface area contributed by atoms with Crippen molar-refractivity contribution in [1.29, 1.82) is 0 Å². The first kappa shape index (κ1) is 14.2. The number of hydrazine groups is 1. The van der Waals surface area contributed by atoms with Gasteiger partial charge in [0.1, 0.15) is 5.75 Å². The van der Waals surface area contributed by atoms with Gasteiger partial charge in [0, 0.05) is 18.7 Å². The lowest BCUT2D eigenvalue weighted by atomic mass is 9.90. The molecule has 1 aliphatic rings. The van der Waals surface area contributed by atoms with Crippen molar-refractivity contribution in [2.24, 2.45) is 11.8 Å². The SMILES string of the molecule is CCCOc1cncc(C(NN)C2CCCOC2)c1. The molecule has 1 aromatic heterocycles. The van der Waals surface area contributed by atoms with E-state index in [2.05, 4.69) is 17.3 Å².